The quantitative estimate of drug-likeness (QED) is 0.576. The van der Waals surface area contributed by atoms with Gasteiger partial charge in [0.25, 0.3) is 5.91 Å². The molecule has 0 saturated carbocycles. The highest BCUT2D eigenvalue weighted by Gasteiger charge is 2.19. The summed E-state index contributed by atoms with van der Waals surface area (Å²) in [7, 11) is 0. The number of amides is 2. The van der Waals surface area contributed by atoms with Gasteiger partial charge in [-0.3, -0.25) is 9.59 Å². The Morgan fingerprint density at radius 1 is 0.967 bits per heavy atom. The van der Waals surface area contributed by atoms with Gasteiger partial charge < -0.3 is 20.9 Å². The number of para-hydroxylation sites is 2. The van der Waals surface area contributed by atoms with E-state index in [9.17, 15) is 9.59 Å². The van der Waals surface area contributed by atoms with Gasteiger partial charge >= 0.3 is 0 Å². The Morgan fingerprint density at radius 2 is 1.73 bits per heavy atom. The largest absolute Gasteiger partial charge is 0.359 e. The molecule has 1 aliphatic heterocycles. The number of carbonyl (C=O) groups is 2. The van der Waals surface area contributed by atoms with Crippen LogP contribution in [-0.4, -0.2) is 31.4 Å². The first-order chi connectivity index (χ1) is 14.6. The van der Waals surface area contributed by atoms with Gasteiger partial charge in [-0.1, -0.05) is 41.9 Å². The molecule has 0 aliphatic carbocycles. The molecule has 0 unspecified atom stereocenters. The second-order valence-electron chi connectivity index (χ2n) is 6.93. The summed E-state index contributed by atoms with van der Waals surface area (Å²) >= 11 is 6.44. The SMILES string of the molecule is O=C1CN(c2ccc(NC(=O)c3ccccc3Nc3ccccc3)cc2Cl)CCN1. The van der Waals surface area contributed by atoms with Crippen LogP contribution in [0.2, 0.25) is 5.02 Å². The van der Waals surface area contributed by atoms with Gasteiger partial charge in [-0.25, -0.2) is 0 Å². The highest BCUT2D eigenvalue weighted by Crippen LogP contribution is 2.30. The third-order valence-electron chi connectivity index (χ3n) is 4.81. The third-order valence-corrected chi connectivity index (χ3v) is 5.11. The van der Waals surface area contributed by atoms with Crippen LogP contribution in [0.4, 0.5) is 22.7 Å². The van der Waals surface area contributed by atoms with Crippen molar-refractivity contribution >= 4 is 46.2 Å². The van der Waals surface area contributed by atoms with Crippen molar-refractivity contribution in [1.29, 1.82) is 0 Å². The molecule has 1 fully saturated rings. The topological polar surface area (TPSA) is 73.5 Å². The number of nitrogens with one attached hydrogen (secondary N) is 3. The zero-order chi connectivity index (χ0) is 20.9. The minimum Gasteiger partial charge on any atom is -0.359 e. The molecule has 1 saturated heterocycles. The van der Waals surface area contributed by atoms with E-state index in [2.05, 4.69) is 16.0 Å². The number of rotatable bonds is 5. The van der Waals surface area contributed by atoms with Crippen molar-refractivity contribution in [2.45, 2.75) is 0 Å². The number of nitrogens with zero attached hydrogens (tertiary/aromatic N) is 1. The van der Waals surface area contributed by atoms with E-state index in [1.54, 1.807) is 18.2 Å². The highest BCUT2D eigenvalue weighted by atomic mass is 35.5. The highest BCUT2D eigenvalue weighted by molar-refractivity contribution is 6.33. The van der Waals surface area contributed by atoms with Gasteiger partial charge in [0.15, 0.2) is 0 Å². The van der Waals surface area contributed by atoms with Crippen LogP contribution < -0.4 is 20.9 Å². The van der Waals surface area contributed by atoms with Crippen LogP contribution in [0.5, 0.6) is 0 Å². The summed E-state index contributed by atoms with van der Waals surface area (Å²) in [6.07, 6.45) is 0. The van der Waals surface area contributed by atoms with Crippen molar-refractivity contribution in [3.05, 3.63) is 83.4 Å². The number of hydrogen-bond donors (Lipinski definition) is 3. The summed E-state index contributed by atoms with van der Waals surface area (Å²) in [5.74, 6) is -0.271. The van der Waals surface area contributed by atoms with Crippen LogP contribution in [0.3, 0.4) is 0 Å². The first-order valence-corrected chi connectivity index (χ1v) is 10.0. The molecule has 3 aromatic carbocycles. The summed E-state index contributed by atoms with van der Waals surface area (Å²) in [5.41, 5.74) is 3.49. The minimum atomic E-state index is -0.241. The van der Waals surface area contributed by atoms with Crippen LogP contribution in [0.25, 0.3) is 0 Å². The Kier molecular flexibility index (Phi) is 5.86. The Morgan fingerprint density at radius 3 is 2.50 bits per heavy atom. The smallest absolute Gasteiger partial charge is 0.257 e. The molecule has 1 aliphatic rings. The van der Waals surface area contributed by atoms with Gasteiger partial charge in [-0.15, -0.1) is 0 Å². The molecular weight excluding hydrogens is 400 g/mol. The number of hydrogen-bond acceptors (Lipinski definition) is 4. The summed E-state index contributed by atoms with van der Waals surface area (Å²) in [4.78, 5) is 26.5. The van der Waals surface area contributed by atoms with E-state index in [0.717, 1.165) is 11.4 Å². The number of carbonyl (C=O) groups excluding carboxylic acids is 2. The number of piperazine rings is 1. The van der Waals surface area contributed by atoms with Crippen molar-refractivity contribution in [2.24, 2.45) is 0 Å². The van der Waals surface area contributed by atoms with Gasteiger partial charge in [-0.2, -0.15) is 0 Å². The molecule has 0 bridgehead atoms. The van der Waals surface area contributed by atoms with E-state index in [-0.39, 0.29) is 18.4 Å². The average Bonchev–Trinajstić information content (AvgIpc) is 2.75. The molecular formula is C23H21ClN4O2. The van der Waals surface area contributed by atoms with Crippen molar-refractivity contribution in [2.75, 3.05) is 35.2 Å². The lowest BCUT2D eigenvalue weighted by molar-refractivity contribution is -0.120. The van der Waals surface area contributed by atoms with E-state index < -0.39 is 0 Å². The monoisotopic (exact) mass is 420 g/mol. The fraction of sp³-hybridized carbons (Fsp3) is 0.130. The van der Waals surface area contributed by atoms with Crippen molar-refractivity contribution in [1.82, 2.24) is 5.32 Å². The fourth-order valence-electron chi connectivity index (χ4n) is 3.35. The normalized spacial score (nSPS) is 13.5. The maximum absolute atomic E-state index is 12.9. The molecule has 0 spiro atoms. The molecule has 4 rings (SSSR count). The van der Waals surface area contributed by atoms with E-state index in [4.69, 9.17) is 11.6 Å². The maximum Gasteiger partial charge on any atom is 0.257 e. The molecule has 3 N–H and O–H groups in total. The number of halogens is 1. The van der Waals surface area contributed by atoms with E-state index in [0.29, 0.717) is 35.1 Å². The Labute approximate surface area is 179 Å². The Balaban J connectivity index is 1.50. The Hall–Kier alpha value is -3.51. The van der Waals surface area contributed by atoms with Crippen LogP contribution >= 0.6 is 11.6 Å². The lowest BCUT2D eigenvalue weighted by Crippen LogP contribution is -2.47. The summed E-state index contributed by atoms with van der Waals surface area (Å²) < 4.78 is 0. The summed E-state index contributed by atoms with van der Waals surface area (Å²) in [5, 5.41) is 9.46. The molecule has 0 radical (unpaired) electrons. The minimum absolute atomic E-state index is 0.0304. The summed E-state index contributed by atoms with van der Waals surface area (Å²) in [6.45, 7) is 1.54. The van der Waals surface area contributed by atoms with E-state index in [1.165, 1.54) is 0 Å². The molecule has 7 heteroatoms. The second-order valence-corrected chi connectivity index (χ2v) is 7.34. The average molecular weight is 421 g/mol. The van der Waals surface area contributed by atoms with Crippen LogP contribution in [0, 0.1) is 0 Å². The van der Waals surface area contributed by atoms with Crippen molar-refractivity contribution in [3.8, 4) is 0 Å². The molecule has 152 valence electrons. The van der Waals surface area contributed by atoms with Gasteiger partial charge in [0, 0.05) is 24.5 Å². The van der Waals surface area contributed by atoms with Crippen molar-refractivity contribution in [3.63, 3.8) is 0 Å². The van der Waals surface area contributed by atoms with Crippen molar-refractivity contribution < 1.29 is 9.59 Å². The van der Waals surface area contributed by atoms with Crippen LogP contribution in [-0.2, 0) is 4.79 Å². The number of benzene rings is 3. The predicted octanol–water partition coefficient (Wildman–Crippen LogP) is 4.27. The third kappa shape index (κ3) is 4.55. The zero-order valence-electron chi connectivity index (χ0n) is 16.2. The zero-order valence-corrected chi connectivity index (χ0v) is 16.9. The lowest BCUT2D eigenvalue weighted by Gasteiger charge is -2.29. The maximum atomic E-state index is 12.9. The standard InChI is InChI=1S/C23H21ClN4O2/c24-19-14-17(10-11-21(19)28-13-12-25-22(29)15-28)27-23(30)18-8-4-5-9-20(18)26-16-6-2-1-3-7-16/h1-11,14,26H,12-13,15H2,(H,25,29)(H,27,30). The Bertz CT molecular complexity index is 1070. The molecule has 0 aromatic heterocycles. The molecule has 1 heterocycles. The second kappa shape index (κ2) is 8.88. The lowest BCUT2D eigenvalue weighted by atomic mass is 10.1. The van der Waals surface area contributed by atoms with E-state index >= 15 is 0 Å². The van der Waals surface area contributed by atoms with Gasteiger partial charge in [0.1, 0.15) is 0 Å². The molecule has 0 atom stereocenters. The molecule has 6 nitrogen and oxygen atoms in total. The van der Waals surface area contributed by atoms with Crippen LogP contribution in [0.15, 0.2) is 72.8 Å². The first kappa shape index (κ1) is 19.8. The van der Waals surface area contributed by atoms with Crippen LogP contribution in [0.1, 0.15) is 10.4 Å². The number of anilines is 4. The molecule has 3 aromatic rings. The fourth-order valence-corrected chi connectivity index (χ4v) is 3.65. The molecule has 30 heavy (non-hydrogen) atoms. The first-order valence-electron chi connectivity index (χ1n) is 9.64. The predicted molar refractivity (Wildman–Crippen MR) is 121 cm³/mol. The van der Waals surface area contributed by atoms with E-state index in [1.807, 2.05) is 59.5 Å². The van der Waals surface area contributed by atoms with Gasteiger partial charge in [0.2, 0.25) is 5.91 Å². The summed E-state index contributed by atoms with van der Waals surface area (Å²) in [6, 6.07) is 22.3. The van der Waals surface area contributed by atoms with Gasteiger partial charge in [-0.05, 0) is 42.5 Å². The van der Waals surface area contributed by atoms with Gasteiger partial charge in [0.05, 0.1) is 28.5 Å². The molecule has 2 amide bonds.